The Morgan fingerprint density at radius 1 is 1.13 bits per heavy atom. The second-order valence-electron chi connectivity index (χ2n) is 19.1. The van der Waals surface area contributed by atoms with Gasteiger partial charge in [0.2, 0.25) is 0 Å². The zero-order valence-corrected chi connectivity index (χ0v) is 36.9. The number of carbonyl (C=O) groups is 1. The van der Waals surface area contributed by atoms with Crippen LogP contribution >= 0.6 is 0 Å². The zero-order chi connectivity index (χ0) is 43.0. The number of benzene rings is 1. The van der Waals surface area contributed by atoms with Gasteiger partial charge in [0.05, 0.1) is 31.5 Å². The summed E-state index contributed by atoms with van der Waals surface area (Å²) < 4.78 is 11.5. The highest BCUT2D eigenvalue weighted by Crippen LogP contribution is 2.72. The van der Waals surface area contributed by atoms with Crippen LogP contribution in [0.2, 0.25) is 0 Å². The van der Waals surface area contributed by atoms with E-state index in [0.717, 1.165) is 73.6 Å². The second-order valence-corrected chi connectivity index (χ2v) is 19.1. The molecule has 9 heteroatoms. The molecule has 2 saturated carbocycles. The number of allylic oxidation sites excluding steroid dienone is 9. The van der Waals surface area contributed by atoms with E-state index in [1.54, 1.807) is 7.11 Å². The molecule has 4 bridgehead atoms. The molecule has 9 nitrogen and oxygen atoms in total. The lowest BCUT2D eigenvalue weighted by Crippen LogP contribution is -2.67. The first-order valence-corrected chi connectivity index (χ1v) is 22.7. The third kappa shape index (κ3) is 9.64. The highest BCUT2D eigenvalue weighted by molar-refractivity contribution is 5.77. The summed E-state index contributed by atoms with van der Waals surface area (Å²) in [6, 6.07) is 8.93. The second kappa shape index (κ2) is 20.5. The van der Waals surface area contributed by atoms with E-state index in [1.807, 2.05) is 13.1 Å². The number of aliphatic hydroxyl groups excluding tert-OH is 3. The van der Waals surface area contributed by atoms with Crippen molar-refractivity contribution in [2.75, 3.05) is 60.3 Å². The number of hydrogen-bond acceptors (Lipinski definition) is 9. The maximum Gasteiger partial charge on any atom is 0.146 e. The third-order valence-corrected chi connectivity index (χ3v) is 15.1. The number of methoxy groups -OCH3 is 1. The Balaban J connectivity index is 1.32. The smallest absolute Gasteiger partial charge is 0.146 e. The molecule has 2 fully saturated rings. The molecule has 1 aliphatic heterocycles. The molecule has 1 aromatic carbocycles. The lowest BCUT2D eigenvalue weighted by molar-refractivity contribution is -0.207. The van der Waals surface area contributed by atoms with E-state index < -0.39 is 22.5 Å². The lowest BCUT2D eigenvalue weighted by Gasteiger charge is -2.66. The number of hydrogen-bond donors (Lipinski definition) is 6. The van der Waals surface area contributed by atoms with Crippen molar-refractivity contribution >= 4 is 6.29 Å². The molecule has 9 atom stereocenters. The highest BCUT2D eigenvalue weighted by Gasteiger charge is 2.71. The fraction of sp³-hybridized carbons (Fsp3) is 0.627. The number of nitrogens with one attached hydrogen (secondary N) is 2. The molecular formula is C51H74N2O7. The first-order chi connectivity index (χ1) is 28.9. The van der Waals surface area contributed by atoms with Gasteiger partial charge in [-0.1, -0.05) is 78.4 Å². The van der Waals surface area contributed by atoms with E-state index in [9.17, 15) is 25.2 Å². The molecule has 60 heavy (non-hydrogen) atoms. The zero-order valence-electron chi connectivity index (χ0n) is 36.9. The van der Waals surface area contributed by atoms with Gasteiger partial charge in [-0.15, -0.1) is 0 Å². The summed E-state index contributed by atoms with van der Waals surface area (Å²) in [4.78, 5) is 12.8. The van der Waals surface area contributed by atoms with Crippen LogP contribution in [0.25, 0.3) is 0 Å². The topological polar surface area (TPSA) is 141 Å². The van der Waals surface area contributed by atoms with E-state index in [1.165, 1.54) is 16.7 Å². The van der Waals surface area contributed by atoms with Crippen LogP contribution in [-0.4, -0.2) is 104 Å². The summed E-state index contributed by atoms with van der Waals surface area (Å²) in [6.07, 6.45) is 21.7. The van der Waals surface area contributed by atoms with Crippen LogP contribution in [0.4, 0.5) is 0 Å². The molecule has 0 aromatic heterocycles. The molecule has 4 aliphatic carbocycles. The van der Waals surface area contributed by atoms with Crippen LogP contribution in [0, 0.1) is 34.5 Å². The number of ether oxygens (including phenoxy) is 2. The van der Waals surface area contributed by atoms with Gasteiger partial charge in [0.25, 0.3) is 0 Å². The summed E-state index contributed by atoms with van der Waals surface area (Å²) in [7, 11) is 3.65. The Morgan fingerprint density at radius 2 is 1.95 bits per heavy atom. The minimum atomic E-state index is -1.22. The summed E-state index contributed by atoms with van der Waals surface area (Å²) in [5.41, 5.74) is 5.03. The van der Waals surface area contributed by atoms with Gasteiger partial charge in [-0.25, -0.2) is 0 Å². The van der Waals surface area contributed by atoms with Crippen LogP contribution < -0.4 is 10.6 Å². The summed E-state index contributed by atoms with van der Waals surface area (Å²) >= 11 is 0. The molecule has 330 valence electrons. The number of rotatable bonds is 17. The Hall–Kier alpha value is -2.99. The van der Waals surface area contributed by atoms with Gasteiger partial charge in [0.1, 0.15) is 6.29 Å². The van der Waals surface area contributed by atoms with Gasteiger partial charge >= 0.3 is 0 Å². The molecule has 0 saturated heterocycles. The van der Waals surface area contributed by atoms with Crippen molar-refractivity contribution in [2.24, 2.45) is 34.5 Å². The van der Waals surface area contributed by atoms with Gasteiger partial charge < -0.3 is 40.5 Å². The maximum absolute atomic E-state index is 13.2. The van der Waals surface area contributed by atoms with Gasteiger partial charge in [-0.3, -0.25) is 4.79 Å². The number of aldehydes is 1. The van der Waals surface area contributed by atoms with E-state index in [-0.39, 0.29) is 55.6 Å². The fourth-order valence-electron chi connectivity index (χ4n) is 12.1. The Kier molecular flexibility index (Phi) is 15.9. The quantitative estimate of drug-likeness (QED) is 0.0449. The lowest BCUT2D eigenvalue weighted by atomic mass is 9.40. The molecule has 1 aromatic rings. The van der Waals surface area contributed by atoms with Gasteiger partial charge in [-0.05, 0) is 150 Å². The molecule has 0 amide bonds. The predicted octanol–water partition coefficient (Wildman–Crippen LogP) is 6.52. The standard InChI is InChI=1S/C51H74N2O7/c1-36-14-15-41(30-38-10-7-11-39(29-38)31-48(3,53-32-36)23-27-59-5)37(2)9-6-12-43(34-60-28-26-55)44-17-21-51(47(44)57)46-40(18-25-54)16-20-49(35-50(51,58)22-24-52-4)19-8-13-42(33-56)45(46)49/h6-7,9-12,14,16,20,29,33,40-41,44,46-47,52-55,57-58H,2,8,13,15,17-19,21-28,30-32,34-35H2,1,3-5H3. The Morgan fingerprint density at radius 3 is 2.70 bits per heavy atom. The minimum absolute atomic E-state index is 0.0193. The molecular weight excluding hydrogens is 753 g/mol. The van der Waals surface area contributed by atoms with Gasteiger partial charge in [-0.2, -0.15) is 0 Å². The fourth-order valence-corrected chi connectivity index (χ4v) is 12.1. The summed E-state index contributed by atoms with van der Waals surface area (Å²) in [6.45, 7) is 11.4. The van der Waals surface area contributed by atoms with E-state index in [4.69, 9.17) is 9.47 Å². The molecule has 1 heterocycles. The maximum atomic E-state index is 13.2. The van der Waals surface area contributed by atoms with Crippen molar-refractivity contribution in [2.45, 2.75) is 108 Å². The normalized spacial score (nSPS) is 34.6. The van der Waals surface area contributed by atoms with Crippen molar-refractivity contribution in [3.8, 4) is 0 Å². The minimum Gasteiger partial charge on any atom is -0.396 e. The first-order valence-electron chi connectivity index (χ1n) is 22.7. The van der Waals surface area contributed by atoms with Crippen LogP contribution in [0.3, 0.4) is 0 Å². The predicted molar refractivity (Wildman–Crippen MR) is 239 cm³/mol. The van der Waals surface area contributed by atoms with Crippen molar-refractivity contribution in [3.05, 3.63) is 106 Å². The van der Waals surface area contributed by atoms with Crippen LogP contribution in [-0.2, 0) is 27.1 Å². The largest absolute Gasteiger partial charge is 0.396 e. The number of carbonyl (C=O) groups excluding carboxylic acids is 1. The summed E-state index contributed by atoms with van der Waals surface area (Å²) in [5, 5.41) is 53.4. The van der Waals surface area contributed by atoms with Crippen molar-refractivity contribution in [1.82, 2.24) is 10.6 Å². The van der Waals surface area contributed by atoms with Crippen LogP contribution in [0.1, 0.15) is 89.2 Å². The molecule has 6 rings (SSSR count). The average molecular weight is 827 g/mol. The first kappa shape index (κ1) is 46.5. The van der Waals surface area contributed by atoms with Crippen molar-refractivity contribution < 1.29 is 34.7 Å². The van der Waals surface area contributed by atoms with E-state index >= 15 is 0 Å². The van der Waals surface area contributed by atoms with Crippen LogP contribution in [0.15, 0.2) is 95.2 Å². The molecule has 0 radical (unpaired) electrons. The van der Waals surface area contributed by atoms with Gasteiger partial charge in [0.15, 0.2) is 0 Å². The van der Waals surface area contributed by atoms with Gasteiger partial charge in [0, 0.05) is 49.2 Å². The van der Waals surface area contributed by atoms with Crippen molar-refractivity contribution in [3.63, 3.8) is 0 Å². The molecule has 5 aliphatic rings. The SMILES string of the molecule is C=C(C=CC=C(COCCO)C1CCC2(C1O)C1C3=C(C=O)CCCC3(C=CC1CCO)CC2(O)CCNC)C1CC=C(C)CNC(C)(CCOC)Cc2cccc(c2)C1. The van der Waals surface area contributed by atoms with Crippen molar-refractivity contribution in [1.29, 1.82) is 0 Å². The number of fused-ring (bicyclic) bond motifs is 3. The van der Waals surface area contributed by atoms with E-state index in [2.05, 4.69) is 85.7 Å². The highest BCUT2D eigenvalue weighted by atomic mass is 16.5. The Labute approximate surface area is 359 Å². The molecule has 9 unspecified atom stereocenters. The van der Waals surface area contributed by atoms with E-state index in [0.29, 0.717) is 51.7 Å². The third-order valence-electron chi connectivity index (χ3n) is 15.1. The van der Waals surface area contributed by atoms with Crippen LogP contribution in [0.5, 0.6) is 0 Å². The molecule has 6 N–H and O–H groups in total. The molecule has 1 spiro atoms. The average Bonchev–Trinajstić information content (AvgIpc) is 3.58. The Bertz CT molecular complexity index is 1810. The summed E-state index contributed by atoms with van der Waals surface area (Å²) in [5.74, 6) is -0.554. The number of aliphatic hydroxyl groups is 4. The monoisotopic (exact) mass is 827 g/mol.